The van der Waals surface area contributed by atoms with Gasteiger partial charge in [-0.3, -0.25) is 0 Å². The normalized spacial score (nSPS) is 15.5. The fourth-order valence-corrected chi connectivity index (χ4v) is 2.57. The Kier molecular flexibility index (Phi) is 9.91. The molecule has 2 unspecified atom stereocenters. The summed E-state index contributed by atoms with van der Waals surface area (Å²) in [6.45, 7) is 10.7. The van der Waals surface area contributed by atoms with Gasteiger partial charge in [0.2, 0.25) is 0 Å². The Bertz CT molecular complexity index is 163. The molecular formula is C16H35N. The van der Waals surface area contributed by atoms with Crippen molar-refractivity contribution in [1.82, 2.24) is 4.90 Å². The van der Waals surface area contributed by atoms with Crippen molar-refractivity contribution >= 4 is 0 Å². The number of nitrogens with zero attached hydrogens (tertiary/aromatic N) is 1. The summed E-state index contributed by atoms with van der Waals surface area (Å²) >= 11 is 0. The molecular weight excluding hydrogens is 206 g/mol. The van der Waals surface area contributed by atoms with Crippen LogP contribution in [0.25, 0.3) is 0 Å². The highest BCUT2D eigenvalue weighted by molar-refractivity contribution is 4.66. The van der Waals surface area contributed by atoms with E-state index in [2.05, 4.69) is 46.7 Å². The lowest BCUT2D eigenvalue weighted by Crippen LogP contribution is -2.22. The molecule has 0 aromatic heterocycles. The van der Waals surface area contributed by atoms with Crippen LogP contribution in [0.2, 0.25) is 0 Å². The van der Waals surface area contributed by atoms with E-state index in [1.165, 1.54) is 45.1 Å². The Morgan fingerprint density at radius 1 is 0.824 bits per heavy atom. The molecule has 0 amide bonds. The van der Waals surface area contributed by atoms with E-state index in [4.69, 9.17) is 0 Å². The van der Waals surface area contributed by atoms with Crippen LogP contribution in [-0.4, -0.2) is 25.5 Å². The molecule has 0 N–H and O–H groups in total. The molecule has 0 fully saturated rings. The van der Waals surface area contributed by atoms with E-state index in [1.807, 2.05) is 0 Å². The fourth-order valence-electron chi connectivity index (χ4n) is 2.57. The summed E-state index contributed by atoms with van der Waals surface area (Å²) in [5.74, 6) is 2.68. The van der Waals surface area contributed by atoms with Gasteiger partial charge in [0, 0.05) is 6.54 Å². The predicted molar refractivity (Wildman–Crippen MR) is 79.4 cm³/mol. The van der Waals surface area contributed by atoms with Crippen LogP contribution in [0.3, 0.4) is 0 Å². The summed E-state index contributed by atoms with van der Waals surface area (Å²) in [7, 11) is 4.41. The SMILES string of the molecule is CCCC(C)CCC(CCC(C)C)CN(C)C. The number of hydrogen-bond acceptors (Lipinski definition) is 1. The van der Waals surface area contributed by atoms with Crippen molar-refractivity contribution in [3.8, 4) is 0 Å². The molecule has 104 valence electrons. The minimum Gasteiger partial charge on any atom is -0.309 e. The van der Waals surface area contributed by atoms with Crippen LogP contribution < -0.4 is 0 Å². The molecule has 0 spiro atoms. The molecule has 0 aliphatic carbocycles. The summed E-state index contributed by atoms with van der Waals surface area (Å²) in [6, 6.07) is 0. The maximum atomic E-state index is 2.42. The van der Waals surface area contributed by atoms with Gasteiger partial charge in [-0.2, -0.15) is 0 Å². The minimum absolute atomic E-state index is 0.854. The van der Waals surface area contributed by atoms with Gasteiger partial charge < -0.3 is 4.90 Å². The van der Waals surface area contributed by atoms with Gasteiger partial charge in [-0.15, -0.1) is 0 Å². The fraction of sp³-hybridized carbons (Fsp3) is 1.00. The van der Waals surface area contributed by atoms with Crippen LogP contribution in [0, 0.1) is 17.8 Å². The van der Waals surface area contributed by atoms with Crippen LogP contribution in [0.1, 0.15) is 66.2 Å². The first-order chi connectivity index (χ1) is 7.95. The van der Waals surface area contributed by atoms with Crippen molar-refractivity contribution in [1.29, 1.82) is 0 Å². The summed E-state index contributed by atoms with van der Waals surface area (Å²) in [5.41, 5.74) is 0. The monoisotopic (exact) mass is 241 g/mol. The quantitative estimate of drug-likeness (QED) is 0.530. The molecule has 1 nitrogen and oxygen atoms in total. The second-order valence-corrected chi connectivity index (χ2v) is 6.57. The van der Waals surface area contributed by atoms with E-state index in [0.717, 1.165) is 17.8 Å². The highest BCUT2D eigenvalue weighted by Gasteiger charge is 2.12. The van der Waals surface area contributed by atoms with Crippen molar-refractivity contribution in [2.45, 2.75) is 66.2 Å². The summed E-state index contributed by atoms with van der Waals surface area (Å²) < 4.78 is 0. The maximum absolute atomic E-state index is 2.42. The van der Waals surface area contributed by atoms with Crippen LogP contribution in [-0.2, 0) is 0 Å². The van der Waals surface area contributed by atoms with Gasteiger partial charge in [0.15, 0.2) is 0 Å². The zero-order chi connectivity index (χ0) is 13.3. The van der Waals surface area contributed by atoms with Crippen molar-refractivity contribution in [2.24, 2.45) is 17.8 Å². The molecule has 0 aromatic carbocycles. The molecule has 0 heterocycles. The second kappa shape index (κ2) is 9.94. The van der Waals surface area contributed by atoms with E-state index in [9.17, 15) is 0 Å². The predicted octanol–water partition coefficient (Wildman–Crippen LogP) is 4.82. The Hall–Kier alpha value is -0.0400. The molecule has 1 heteroatoms. The topological polar surface area (TPSA) is 3.24 Å². The van der Waals surface area contributed by atoms with Crippen LogP contribution in [0.5, 0.6) is 0 Å². The lowest BCUT2D eigenvalue weighted by Gasteiger charge is -2.23. The summed E-state index contributed by atoms with van der Waals surface area (Å²) in [6.07, 6.45) is 8.39. The van der Waals surface area contributed by atoms with Crippen molar-refractivity contribution in [2.75, 3.05) is 20.6 Å². The minimum atomic E-state index is 0.854. The largest absolute Gasteiger partial charge is 0.309 e. The highest BCUT2D eigenvalue weighted by Crippen LogP contribution is 2.22. The van der Waals surface area contributed by atoms with Crippen molar-refractivity contribution < 1.29 is 0 Å². The van der Waals surface area contributed by atoms with E-state index in [0.29, 0.717) is 0 Å². The number of rotatable bonds is 10. The molecule has 0 aromatic rings. The Labute approximate surface area is 110 Å². The van der Waals surface area contributed by atoms with Gasteiger partial charge in [0.25, 0.3) is 0 Å². The molecule has 0 saturated heterocycles. The molecule has 2 atom stereocenters. The second-order valence-electron chi connectivity index (χ2n) is 6.57. The first kappa shape index (κ1) is 17.0. The first-order valence-electron chi connectivity index (χ1n) is 7.60. The summed E-state index contributed by atoms with van der Waals surface area (Å²) in [5, 5.41) is 0. The Morgan fingerprint density at radius 3 is 1.88 bits per heavy atom. The van der Waals surface area contributed by atoms with Crippen molar-refractivity contribution in [3.63, 3.8) is 0 Å². The van der Waals surface area contributed by atoms with E-state index < -0.39 is 0 Å². The van der Waals surface area contributed by atoms with Gasteiger partial charge in [-0.1, -0.05) is 53.4 Å². The van der Waals surface area contributed by atoms with Crippen LogP contribution in [0.15, 0.2) is 0 Å². The molecule has 0 aliphatic rings. The van der Waals surface area contributed by atoms with E-state index in [-0.39, 0.29) is 0 Å². The smallest absolute Gasteiger partial charge is 0.000356 e. The first-order valence-corrected chi connectivity index (χ1v) is 7.60. The van der Waals surface area contributed by atoms with Crippen molar-refractivity contribution in [3.05, 3.63) is 0 Å². The van der Waals surface area contributed by atoms with Crippen LogP contribution >= 0.6 is 0 Å². The van der Waals surface area contributed by atoms with Crippen LogP contribution in [0.4, 0.5) is 0 Å². The third kappa shape index (κ3) is 10.8. The average Bonchev–Trinajstić information content (AvgIpc) is 2.21. The van der Waals surface area contributed by atoms with Gasteiger partial charge in [0.05, 0.1) is 0 Å². The zero-order valence-electron chi connectivity index (χ0n) is 13.1. The molecule has 0 bridgehead atoms. The van der Waals surface area contributed by atoms with Gasteiger partial charge in [-0.05, 0) is 44.7 Å². The lowest BCUT2D eigenvalue weighted by atomic mass is 9.89. The standard InChI is InChI=1S/C16H35N/c1-7-8-15(4)10-12-16(13-17(5)6)11-9-14(2)3/h14-16H,7-13H2,1-6H3. The average molecular weight is 241 g/mol. The maximum Gasteiger partial charge on any atom is 0.000356 e. The Balaban J connectivity index is 3.91. The van der Waals surface area contributed by atoms with Gasteiger partial charge in [0.1, 0.15) is 0 Å². The van der Waals surface area contributed by atoms with Gasteiger partial charge >= 0.3 is 0 Å². The molecule has 0 saturated carbocycles. The van der Waals surface area contributed by atoms with Gasteiger partial charge in [-0.25, -0.2) is 0 Å². The van der Waals surface area contributed by atoms with E-state index >= 15 is 0 Å². The highest BCUT2D eigenvalue weighted by atomic mass is 15.1. The molecule has 0 radical (unpaired) electrons. The molecule has 0 aliphatic heterocycles. The number of hydrogen-bond donors (Lipinski definition) is 0. The molecule has 0 rings (SSSR count). The third-order valence-electron chi connectivity index (χ3n) is 3.62. The zero-order valence-corrected chi connectivity index (χ0v) is 13.1. The lowest BCUT2D eigenvalue weighted by molar-refractivity contribution is 0.269. The summed E-state index contributed by atoms with van der Waals surface area (Å²) in [4.78, 5) is 2.36. The molecule has 17 heavy (non-hydrogen) atoms. The third-order valence-corrected chi connectivity index (χ3v) is 3.62. The van der Waals surface area contributed by atoms with E-state index in [1.54, 1.807) is 0 Å². The Morgan fingerprint density at radius 2 is 1.41 bits per heavy atom.